The number of pyridine rings is 1. The minimum Gasteiger partial charge on any atom is -0.486 e. The third kappa shape index (κ3) is 3.19. The van der Waals surface area contributed by atoms with Gasteiger partial charge >= 0.3 is 5.76 Å². The maximum atomic E-state index is 12.0. The number of oxazole rings is 1. The molecule has 5 rings (SSSR count). The summed E-state index contributed by atoms with van der Waals surface area (Å²) >= 11 is 0. The van der Waals surface area contributed by atoms with Crippen molar-refractivity contribution in [1.82, 2.24) is 9.71 Å². The van der Waals surface area contributed by atoms with Crippen molar-refractivity contribution in [2.24, 2.45) is 0 Å². The van der Waals surface area contributed by atoms with Crippen LogP contribution in [0, 0.1) is 10.2 Å². The lowest BCUT2D eigenvalue weighted by molar-refractivity contribution is -1.92. The highest BCUT2D eigenvalue weighted by atomic mass is 35.7. The molecule has 2 aromatic carbocycles. The zero-order chi connectivity index (χ0) is 21.0. The van der Waals surface area contributed by atoms with Crippen molar-refractivity contribution in [3.63, 3.8) is 0 Å². The van der Waals surface area contributed by atoms with E-state index < -0.39 is 22.1 Å². The number of aromatic nitrogens is 2. The maximum absolute atomic E-state index is 12.0. The molecule has 30 heavy (non-hydrogen) atoms. The van der Waals surface area contributed by atoms with Gasteiger partial charge in [0.15, 0.2) is 15.8 Å². The van der Waals surface area contributed by atoms with Crippen LogP contribution in [0.4, 0.5) is 0 Å². The molecule has 3 heterocycles. The van der Waals surface area contributed by atoms with E-state index in [1.165, 1.54) is 6.07 Å². The van der Waals surface area contributed by atoms with Gasteiger partial charge in [0, 0.05) is 21.9 Å². The number of ether oxygens (including phenoxy) is 1. The fourth-order valence-electron chi connectivity index (χ4n) is 3.58. The lowest BCUT2D eigenvalue weighted by Gasteiger charge is -2.26. The minimum atomic E-state index is -4.87. The average molecular weight is 429 g/mol. The number of allylic oxidation sites excluding steroid dienone is 1. The van der Waals surface area contributed by atoms with Gasteiger partial charge in [-0.25, -0.2) is 4.79 Å². The van der Waals surface area contributed by atoms with Gasteiger partial charge in [0.25, 0.3) is 0 Å². The zero-order valence-corrected chi connectivity index (χ0v) is 16.2. The predicted octanol–water partition coefficient (Wildman–Crippen LogP) is -0.0510. The third-order valence-corrected chi connectivity index (χ3v) is 5.08. The van der Waals surface area contributed by atoms with Crippen LogP contribution in [0.25, 0.3) is 28.1 Å². The van der Waals surface area contributed by atoms with Crippen LogP contribution in [-0.2, 0) is 4.74 Å². The summed E-state index contributed by atoms with van der Waals surface area (Å²) in [6.45, 7) is 1.78. The number of rotatable bonds is 3. The first-order valence-electron chi connectivity index (χ1n) is 8.78. The van der Waals surface area contributed by atoms with Crippen molar-refractivity contribution in [3.8, 4) is 0 Å². The van der Waals surface area contributed by atoms with Gasteiger partial charge < -0.3 is 9.15 Å². The predicted molar refractivity (Wildman–Crippen MR) is 95.4 cm³/mol. The van der Waals surface area contributed by atoms with E-state index in [9.17, 15) is 18.8 Å². The molecular weight excluding hydrogens is 416 g/mol. The minimum absolute atomic E-state index is 0.0121. The Morgan fingerprint density at radius 2 is 2.00 bits per heavy atom. The largest absolute Gasteiger partial charge is 0.486 e. The number of hydrogen-bond acceptors (Lipinski definition) is 8. The Morgan fingerprint density at radius 1 is 1.17 bits per heavy atom. The fourth-order valence-corrected chi connectivity index (χ4v) is 3.88. The van der Waals surface area contributed by atoms with Gasteiger partial charge in [-0.1, -0.05) is 12.1 Å². The molecule has 0 aliphatic carbocycles. The molecule has 0 saturated heterocycles. The smallest absolute Gasteiger partial charge is 0.465 e. The van der Waals surface area contributed by atoms with E-state index in [-0.39, 0.29) is 11.1 Å². The van der Waals surface area contributed by atoms with Gasteiger partial charge in [0.2, 0.25) is 0 Å². The lowest BCUT2D eigenvalue weighted by atomic mass is 9.93. The zero-order valence-electron chi connectivity index (χ0n) is 15.4. The number of benzene rings is 2. The summed E-state index contributed by atoms with van der Waals surface area (Å²) in [5.74, 6) is -0.514. The Labute approximate surface area is 170 Å². The first-order valence-corrected chi connectivity index (χ1v) is 10.0. The van der Waals surface area contributed by atoms with Crippen molar-refractivity contribution in [2.75, 3.05) is 0 Å². The summed E-state index contributed by atoms with van der Waals surface area (Å²) in [4.78, 5) is 16.3. The van der Waals surface area contributed by atoms with Gasteiger partial charge in [-0.05, 0) is 54.5 Å². The molecule has 0 amide bonds. The van der Waals surface area contributed by atoms with Crippen LogP contribution in [0.1, 0.15) is 29.7 Å². The highest BCUT2D eigenvalue weighted by Crippen LogP contribution is 2.38. The highest BCUT2D eigenvalue weighted by Gasteiger charge is 2.29. The van der Waals surface area contributed by atoms with E-state index in [2.05, 4.69) is 9.37 Å². The van der Waals surface area contributed by atoms with Crippen LogP contribution in [0.15, 0.2) is 63.6 Å². The van der Waals surface area contributed by atoms with Crippen LogP contribution in [0.3, 0.4) is 0 Å². The maximum Gasteiger partial charge on any atom is 0.465 e. The number of nitrogens with zero attached hydrogens (tertiary/aromatic N) is 2. The first-order chi connectivity index (χ1) is 14.3. The molecule has 2 aromatic heterocycles. The molecule has 0 radical (unpaired) electrons. The van der Waals surface area contributed by atoms with Crippen LogP contribution in [0.5, 0.6) is 0 Å². The van der Waals surface area contributed by atoms with Crippen molar-refractivity contribution in [1.29, 1.82) is 0 Å². The van der Waals surface area contributed by atoms with Crippen LogP contribution >= 0.6 is 0 Å². The second kappa shape index (κ2) is 6.57. The number of halogens is 1. The van der Waals surface area contributed by atoms with E-state index in [0.717, 1.165) is 16.5 Å². The molecule has 1 aliphatic rings. The Bertz CT molecular complexity index is 1380. The molecule has 1 aliphatic heterocycles. The van der Waals surface area contributed by atoms with Crippen LogP contribution in [0.2, 0.25) is 0 Å². The molecule has 0 bridgehead atoms. The van der Waals surface area contributed by atoms with Gasteiger partial charge in [-0.3, -0.25) is 4.98 Å². The summed E-state index contributed by atoms with van der Waals surface area (Å²) in [5.41, 5.74) is 3.15. The molecule has 4 aromatic rings. The van der Waals surface area contributed by atoms with Gasteiger partial charge in [0.05, 0.1) is 15.7 Å². The van der Waals surface area contributed by atoms with Crippen molar-refractivity contribution < 1.29 is 37.8 Å². The van der Waals surface area contributed by atoms with Crippen molar-refractivity contribution in [3.05, 3.63) is 81.7 Å². The molecule has 9 nitrogen and oxygen atoms in total. The molecule has 0 saturated carbocycles. The summed E-state index contributed by atoms with van der Waals surface area (Å²) in [6, 6.07) is 12.6. The van der Waals surface area contributed by atoms with E-state index in [1.54, 1.807) is 25.3 Å². The summed E-state index contributed by atoms with van der Waals surface area (Å²) in [5, 5.41) is 0.944. The molecule has 10 heteroatoms. The molecule has 0 fully saturated rings. The molecule has 152 valence electrons. The highest BCUT2D eigenvalue weighted by molar-refractivity contribution is 5.81. The normalized spacial score (nSPS) is 16.3. The summed E-state index contributed by atoms with van der Waals surface area (Å²) in [6.07, 6.45) is 2.96. The van der Waals surface area contributed by atoms with Crippen LogP contribution < -0.4 is 24.1 Å². The van der Waals surface area contributed by atoms with E-state index in [0.29, 0.717) is 21.6 Å². The second-order valence-corrected chi connectivity index (χ2v) is 7.66. The lowest BCUT2D eigenvalue weighted by Crippen LogP contribution is -2.66. The Balaban J connectivity index is 1.67. The van der Waals surface area contributed by atoms with Gasteiger partial charge in [-0.2, -0.15) is 14.0 Å². The first kappa shape index (κ1) is 18.6. The fraction of sp³-hybridized carbons (Fsp3) is 0.100. The van der Waals surface area contributed by atoms with Crippen molar-refractivity contribution >= 4 is 28.1 Å². The average Bonchev–Trinajstić information content (AvgIpc) is 2.98. The third-order valence-electron chi connectivity index (χ3n) is 4.77. The Morgan fingerprint density at radius 3 is 2.80 bits per heavy atom. The molecule has 1 unspecified atom stereocenters. The Hall–Kier alpha value is -3.37. The number of hydrogen-bond donors (Lipinski definition) is 0. The van der Waals surface area contributed by atoms with Gasteiger partial charge in [-0.15, -0.1) is 0 Å². The van der Waals surface area contributed by atoms with Crippen molar-refractivity contribution in [2.45, 2.75) is 13.0 Å². The van der Waals surface area contributed by atoms with E-state index in [4.69, 9.17) is 9.15 Å². The molecular formula is C20H13ClN2O7. The SMILES string of the molecule is CC1=Cc2cc3c(cc2C(c2ccc4ncccc4c2)O1)oc(=O)n3O[Cl+3]([O-])([O-])[O-]. The monoisotopic (exact) mass is 428 g/mol. The second-order valence-electron chi connectivity index (χ2n) is 6.77. The molecule has 0 N–H and O–H groups in total. The molecule has 0 spiro atoms. The van der Waals surface area contributed by atoms with E-state index >= 15 is 0 Å². The quantitative estimate of drug-likeness (QED) is 0.443. The standard InChI is InChI=1S/C20H13ClN2O7/c1-11-7-14-9-17-18(29-20(24)23(17)30-21(25,26)27)10-15(14)19(28-11)13-4-5-16-12(8-13)3-2-6-22-16/h2-10,19H,1H3. The molecule has 1 atom stereocenters. The van der Waals surface area contributed by atoms with E-state index in [1.807, 2.05) is 30.3 Å². The summed E-state index contributed by atoms with van der Waals surface area (Å²) in [7, 11) is -4.87. The Kier molecular flexibility index (Phi) is 4.09. The number of fused-ring (bicyclic) bond motifs is 3. The van der Waals surface area contributed by atoms with Gasteiger partial charge in [0.1, 0.15) is 11.6 Å². The summed E-state index contributed by atoms with van der Waals surface area (Å²) < 4.78 is 48.5. The topological polar surface area (TPSA) is 136 Å². The van der Waals surface area contributed by atoms with Crippen LogP contribution in [-0.4, -0.2) is 9.71 Å².